The molecule has 1 N–H and O–H groups in total. The van der Waals surface area contributed by atoms with Gasteiger partial charge in [-0.3, -0.25) is 9.78 Å². The molecule has 6 nitrogen and oxygen atoms in total. The van der Waals surface area contributed by atoms with Crippen LogP contribution in [-0.4, -0.2) is 34.5 Å². The fourth-order valence-corrected chi connectivity index (χ4v) is 2.54. The zero-order valence-corrected chi connectivity index (χ0v) is 15.3. The standard InChI is InChI=1S/C19H17ClFN5O/c1-26(9-6-13-4-7-22-8-5-13)19-23-11-14(12-24-19)18(27)25-15-2-3-17(21)16(20)10-15/h2-5,7-8,10-12H,6,9H2,1H3,(H,25,27). The van der Waals surface area contributed by atoms with E-state index < -0.39 is 11.7 Å². The maximum atomic E-state index is 13.2. The zero-order valence-electron chi connectivity index (χ0n) is 14.6. The Morgan fingerprint density at radius 1 is 1.19 bits per heavy atom. The molecule has 3 aromatic rings. The third-order valence-electron chi connectivity index (χ3n) is 3.90. The first-order valence-corrected chi connectivity index (χ1v) is 8.59. The van der Waals surface area contributed by atoms with E-state index in [4.69, 9.17) is 11.6 Å². The van der Waals surface area contributed by atoms with Gasteiger partial charge in [0.05, 0.1) is 10.6 Å². The summed E-state index contributed by atoms with van der Waals surface area (Å²) in [6, 6.07) is 7.89. The molecule has 0 saturated carbocycles. The van der Waals surface area contributed by atoms with E-state index in [9.17, 15) is 9.18 Å². The second kappa shape index (κ2) is 8.55. The smallest absolute Gasteiger partial charge is 0.258 e. The van der Waals surface area contributed by atoms with E-state index in [0.717, 1.165) is 13.0 Å². The molecular formula is C19H17ClFN5O. The number of carbonyl (C=O) groups is 1. The van der Waals surface area contributed by atoms with Crippen molar-refractivity contribution in [2.45, 2.75) is 6.42 Å². The monoisotopic (exact) mass is 385 g/mol. The van der Waals surface area contributed by atoms with Crippen LogP contribution in [0.1, 0.15) is 15.9 Å². The fourth-order valence-electron chi connectivity index (χ4n) is 2.36. The third-order valence-corrected chi connectivity index (χ3v) is 4.19. The van der Waals surface area contributed by atoms with Crippen molar-refractivity contribution in [1.82, 2.24) is 15.0 Å². The molecule has 0 unspecified atom stereocenters. The maximum Gasteiger partial charge on any atom is 0.258 e. The SMILES string of the molecule is CN(CCc1ccncc1)c1ncc(C(=O)Nc2ccc(F)c(Cl)c2)cn1. The van der Waals surface area contributed by atoms with E-state index in [1.54, 1.807) is 12.4 Å². The van der Waals surface area contributed by atoms with E-state index >= 15 is 0 Å². The summed E-state index contributed by atoms with van der Waals surface area (Å²) in [6.45, 7) is 0.726. The molecule has 0 saturated heterocycles. The van der Waals surface area contributed by atoms with Crippen LogP contribution >= 0.6 is 11.6 Å². The molecule has 138 valence electrons. The number of nitrogens with one attached hydrogen (secondary N) is 1. The van der Waals surface area contributed by atoms with Crippen molar-refractivity contribution in [2.24, 2.45) is 0 Å². The molecule has 0 aliphatic rings. The third kappa shape index (κ3) is 4.98. The van der Waals surface area contributed by atoms with E-state index in [2.05, 4.69) is 20.3 Å². The Morgan fingerprint density at radius 2 is 1.89 bits per heavy atom. The predicted molar refractivity (Wildman–Crippen MR) is 103 cm³/mol. The van der Waals surface area contributed by atoms with Gasteiger partial charge in [0.2, 0.25) is 5.95 Å². The zero-order chi connectivity index (χ0) is 19.2. The van der Waals surface area contributed by atoms with E-state index in [1.165, 1.54) is 36.2 Å². The molecule has 8 heteroatoms. The van der Waals surface area contributed by atoms with Gasteiger partial charge in [0, 0.05) is 44.1 Å². The molecule has 0 spiro atoms. The number of aromatic nitrogens is 3. The Kier molecular flexibility index (Phi) is 5.93. The summed E-state index contributed by atoms with van der Waals surface area (Å²) >= 11 is 5.71. The summed E-state index contributed by atoms with van der Waals surface area (Å²) in [5.41, 5.74) is 1.86. The van der Waals surface area contributed by atoms with Crippen LogP contribution in [0.25, 0.3) is 0 Å². The van der Waals surface area contributed by atoms with E-state index in [-0.39, 0.29) is 5.02 Å². The van der Waals surface area contributed by atoms with Gasteiger partial charge in [-0.25, -0.2) is 14.4 Å². The Hall–Kier alpha value is -3.06. The van der Waals surface area contributed by atoms with Crippen LogP contribution in [0, 0.1) is 5.82 Å². The lowest BCUT2D eigenvalue weighted by molar-refractivity contribution is 0.102. The number of hydrogen-bond donors (Lipinski definition) is 1. The van der Waals surface area contributed by atoms with Crippen LogP contribution in [0.2, 0.25) is 5.02 Å². The number of halogens is 2. The van der Waals surface area contributed by atoms with Gasteiger partial charge >= 0.3 is 0 Å². The lowest BCUT2D eigenvalue weighted by atomic mass is 10.2. The average Bonchev–Trinajstić information content (AvgIpc) is 2.70. The average molecular weight is 386 g/mol. The fraction of sp³-hybridized carbons (Fsp3) is 0.158. The number of pyridine rings is 1. The van der Waals surface area contributed by atoms with Crippen molar-refractivity contribution in [3.63, 3.8) is 0 Å². The molecule has 27 heavy (non-hydrogen) atoms. The van der Waals surface area contributed by atoms with E-state index in [1.807, 2.05) is 24.1 Å². The lowest BCUT2D eigenvalue weighted by Crippen LogP contribution is -2.23. The molecule has 0 radical (unpaired) electrons. The van der Waals surface area contributed by atoms with Gasteiger partial charge in [0.15, 0.2) is 0 Å². The highest BCUT2D eigenvalue weighted by Gasteiger charge is 2.11. The summed E-state index contributed by atoms with van der Waals surface area (Å²) in [5, 5.41) is 2.57. The van der Waals surface area contributed by atoms with Crippen LogP contribution in [0.5, 0.6) is 0 Å². The van der Waals surface area contributed by atoms with Crippen LogP contribution in [0.15, 0.2) is 55.1 Å². The summed E-state index contributed by atoms with van der Waals surface area (Å²) < 4.78 is 13.2. The Labute approximate surface area is 161 Å². The van der Waals surface area contributed by atoms with Gasteiger partial charge in [-0.1, -0.05) is 11.6 Å². The number of benzene rings is 1. The first kappa shape index (κ1) is 18.7. The molecular weight excluding hydrogens is 369 g/mol. The second-order valence-corrected chi connectivity index (χ2v) is 6.29. The largest absolute Gasteiger partial charge is 0.344 e. The molecule has 1 amide bonds. The van der Waals surface area contributed by atoms with Crippen molar-refractivity contribution >= 4 is 29.1 Å². The van der Waals surface area contributed by atoms with Gasteiger partial charge in [-0.2, -0.15) is 0 Å². The van der Waals surface area contributed by atoms with Crippen molar-refractivity contribution in [3.8, 4) is 0 Å². The van der Waals surface area contributed by atoms with Crippen LogP contribution in [0.3, 0.4) is 0 Å². The molecule has 2 aromatic heterocycles. The number of amides is 1. The van der Waals surface area contributed by atoms with Crippen molar-refractivity contribution in [3.05, 3.63) is 77.1 Å². The minimum absolute atomic E-state index is 0.0600. The maximum absolute atomic E-state index is 13.2. The summed E-state index contributed by atoms with van der Waals surface area (Å²) in [7, 11) is 1.89. The summed E-state index contributed by atoms with van der Waals surface area (Å²) in [6.07, 6.45) is 7.24. The molecule has 0 atom stereocenters. The second-order valence-electron chi connectivity index (χ2n) is 5.88. The Bertz CT molecular complexity index is 921. The minimum atomic E-state index is -0.544. The highest BCUT2D eigenvalue weighted by atomic mass is 35.5. The number of anilines is 2. The molecule has 2 heterocycles. The highest BCUT2D eigenvalue weighted by Crippen LogP contribution is 2.20. The van der Waals surface area contributed by atoms with Gasteiger partial charge in [-0.15, -0.1) is 0 Å². The van der Waals surface area contributed by atoms with Crippen molar-refractivity contribution < 1.29 is 9.18 Å². The molecule has 3 rings (SSSR count). The molecule has 0 fully saturated rings. The van der Waals surface area contributed by atoms with Crippen molar-refractivity contribution in [1.29, 1.82) is 0 Å². The molecule has 1 aromatic carbocycles. The van der Waals surface area contributed by atoms with Crippen molar-refractivity contribution in [2.75, 3.05) is 23.8 Å². The van der Waals surface area contributed by atoms with Gasteiger partial charge < -0.3 is 10.2 Å². The van der Waals surface area contributed by atoms with Crippen LogP contribution in [0.4, 0.5) is 16.0 Å². The van der Waals surface area contributed by atoms with Gasteiger partial charge in [-0.05, 0) is 42.3 Å². The molecule has 0 bridgehead atoms. The number of likely N-dealkylation sites (N-methyl/N-ethyl adjacent to an activating group) is 1. The minimum Gasteiger partial charge on any atom is -0.344 e. The summed E-state index contributed by atoms with van der Waals surface area (Å²) in [4.78, 5) is 26.6. The van der Waals surface area contributed by atoms with Crippen LogP contribution < -0.4 is 10.2 Å². The lowest BCUT2D eigenvalue weighted by Gasteiger charge is -2.16. The topological polar surface area (TPSA) is 71.0 Å². The van der Waals surface area contributed by atoms with Gasteiger partial charge in [0.25, 0.3) is 5.91 Å². The summed E-state index contributed by atoms with van der Waals surface area (Å²) in [5.74, 6) is -0.425. The predicted octanol–water partition coefficient (Wildman–Crippen LogP) is 3.60. The normalized spacial score (nSPS) is 10.5. The number of carbonyl (C=O) groups excluding carboxylic acids is 1. The number of nitrogens with zero attached hydrogens (tertiary/aromatic N) is 4. The first-order valence-electron chi connectivity index (χ1n) is 8.21. The quantitative estimate of drug-likeness (QED) is 0.702. The molecule has 0 aliphatic heterocycles. The Balaban J connectivity index is 1.60. The first-order chi connectivity index (χ1) is 13.0. The highest BCUT2D eigenvalue weighted by molar-refractivity contribution is 6.31. The Morgan fingerprint density at radius 3 is 2.56 bits per heavy atom. The number of rotatable bonds is 6. The van der Waals surface area contributed by atoms with E-state index in [0.29, 0.717) is 17.2 Å². The molecule has 0 aliphatic carbocycles. The van der Waals surface area contributed by atoms with Gasteiger partial charge in [0.1, 0.15) is 5.82 Å². The van der Waals surface area contributed by atoms with Crippen LogP contribution in [-0.2, 0) is 6.42 Å². The number of hydrogen-bond acceptors (Lipinski definition) is 5.